The Labute approximate surface area is 195 Å². The maximum Gasteiger partial charge on any atom is 0.407 e. The zero-order valence-corrected chi connectivity index (χ0v) is 19.8. The SMILES string of the molecule is CBc1ccc(CCCO)cc1-c1cnc(Nc2cccc(CNC(=O)OC(C)(C)C)c2)o1. The van der Waals surface area contributed by atoms with Gasteiger partial charge in [0.25, 0.3) is 6.01 Å². The number of anilines is 2. The fraction of sp³-hybridized carbons (Fsp3) is 0.360. The number of nitrogens with one attached hydrogen (secondary N) is 2. The Balaban J connectivity index is 1.69. The summed E-state index contributed by atoms with van der Waals surface area (Å²) in [6, 6.07) is 14.4. The van der Waals surface area contributed by atoms with Gasteiger partial charge in [-0.25, -0.2) is 9.78 Å². The highest BCUT2D eigenvalue weighted by Crippen LogP contribution is 2.25. The minimum absolute atomic E-state index is 0.174. The van der Waals surface area contributed by atoms with Crippen molar-refractivity contribution in [2.75, 3.05) is 11.9 Å². The molecule has 33 heavy (non-hydrogen) atoms. The smallest absolute Gasteiger partial charge is 0.407 e. The molecule has 3 aromatic rings. The van der Waals surface area contributed by atoms with Crippen molar-refractivity contribution < 1.29 is 19.1 Å². The minimum atomic E-state index is -0.536. The molecule has 8 heteroatoms. The van der Waals surface area contributed by atoms with Crippen LogP contribution in [-0.2, 0) is 17.7 Å². The second-order valence-corrected chi connectivity index (χ2v) is 8.88. The highest BCUT2D eigenvalue weighted by Gasteiger charge is 2.16. The predicted octanol–water partition coefficient (Wildman–Crippen LogP) is 4.14. The molecule has 3 N–H and O–H groups in total. The molecule has 1 amide bonds. The third-order valence-electron chi connectivity index (χ3n) is 4.96. The lowest BCUT2D eigenvalue weighted by molar-refractivity contribution is 0.0523. The summed E-state index contributed by atoms with van der Waals surface area (Å²) in [5, 5.41) is 15.1. The number of ether oxygens (including phenoxy) is 1. The lowest BCUT2D eigenvalue weighted by atomic mass is 9.70. The van der Waals surface area contributed by atoms with Crippen LogP contribution in [0.5, 0.6) is 0 Å². The Morgan fingerprint density at radius 1 is 1.18 bits per heavy atom. The number of carbonyl (C=O) groups excluding carboxylic acids is 1. The summed E-state index contributed by atoms with van der Waals surface area (Å²) in [5.74, 6) is 0.697. The molecule has 0 atom stereocenters. The van der Waals surface area contributed by atoms with E-state index in [2.05, 4.69) is 40.6 Å². The molecular weight excluding hydrogens is 417 g/mol. The van der Waals surface area contributed by atoms with Crippen molar-refractivity contribution in [3.8, 4) is 11.3 Å². The third kappa shape index (κ3) is 7.39. The van der Waals surface area contributed by atoms with E-state index in [4.69, 9.17) is 14.3 Å². The van der Waals surface area contributed by atoms with Gasteiger partial charge in [-0.05, 0) is 62.9 Å². The van der Waals surface area contributed by atoms with Crippen molar-refractivity contribution in [1.82, 2.24) is 10.3 Å². The number of oxazole rings is 1. The van der Waals surface area contributed by atoms with Gasteiger partial charge in [0.15, 0.2) is 13.0 Å². The van der Waals surface area contributed by atoms with Gasteiger partial charge in [0.05, 0.1) is 6.20 Å². The second-order valence-electron chi connectivity index (χ2n) is 8.88. The second kappa shape index (κ2) is 11.1. The Kier molecular flexibility index (Phi) is 8.17. The van der Waals surface area contributed by atoms with E-state index in [1.165, 1.54) is 5.46 Å². The number of rotatable bonds is 9. The standard InChI is InChI=1S/C25H32BN3O4/c1-25(2,3)33-24(31)28-15-18-7-5-9-19(13-18)29-23-27-16-22(32-23)20-14-17(8-6-12-30)10-11-21(20)26-4/h5,7,9-11,13-14,16,26,30H,6,8,12,15H2,1-4H3,(H,27,29)(H,28,31). The van der Waals surface area contributed by atoms with Gasteiger partial charge in [-0.3, -0.25) is 0 Å². The molecule has 0 saturated heterocycles. The zero-order chi connectivity index (χ0) is 23.8. The van der Waals surface area contributed by atoms with E-state index in [0.29, 0.717) is 18.3 Å². The topological polar surface area (TPSA) is 96.6 Å². The summed E-state index contributed by atoms with van der Waals surface area (Å²) in [5.41, 5.74) is 4.55. The first-order valence-corrected chi connectivity index (χ1v) is 11.3. The summed E-state index contributed by atoms with van der Waals surface area (Å²) in [6.45, 7) is 8.12. The molecule has 7 nitrogen and oxygen atoms in total. The Morgan fingerprint density at radius 3 is 2.73 bits per heavy atom. The maximum atomic E-state index is 11.9. The molecule has 0 spiro atoms. The molecule has 1 aromatic heterocycles. The van der Waals surface area contributed by atoms with E-state index in [9.17, 15) is 4.79 Å². The first-order valence-electron chi connectivity index (χ1n) is 11.3. The van der Waals surface area contributed by atoms with Crippen molar-refractivity contribution in [3.63, 3.8) is 0 Å². The Hall–Kier alpha value is -3.26. The van der Waals surface area contributed by atoms with E-state index in [0.717, 1.165) is 42.5 Å². The molecule has 0 saturated carbocycles. The molecule has 0 aliphatic rings. The molecule has 0 aliphatic carbocycles. The number of hydrogen-bond acceptors (Lipinski definition) is 6. The van der Waals surface area contributed by atoms with Crippen LogP contribution in [0.2, 0.25) is 6.82 Å². The van der Waals surface area contributed by atoms with Crippen molar-refractivity contribution >= 4 is 30.5 Å². The highest BCUT2D eigenvalue weighted by molar-refractivity contribution is 6.54. The summed E-state index contributed by atoms with van der Waals surface area (Å²) >= 11 is 0. The number of aliphatic hydroxyl groups is 1. The first-order chi connectivity index (χ1) is 15.8. The van der Waals surface area contributed by atoms with Gasteiger partial charge in [0.2, 0.25) is 0 Å². The minimum Gasteiger partial charge on any atom is -0.444 e. The lowest BCUT2D eigenvalue weighted by Gasteiger charge is -2.19. The van der Waals surface area contributed by atoms with Crippen LogP contribution in [0.1, 0.15) is 38.3 Å². The van der Waals surface area contributed by atoms with Crippen LogP contribution >= 0.6 is 0 Å². The van der Waals surface area contributed by atoms with Crippen LogP contribution in [-0.4, -0.2) is 35.7 Å². The fourth-order valence-electron chi connectivity index (χ4n) is 3.43. The van der Waals surface area contributed by atoms with Crippen LogP contribution in [0.25, 0.3) is 11.3 Å². The van der Waals surface area contributed by atoms with E-state index in [1.807, 2.05) is 45.0 Å². The Bertz CT molecular complexity index is 1080. The number of carbonyl (C=O) groups is 1. The number of nitrogens with zero attached hydrogens (tertiary/aromatic N) is 1. The molecule has 2 aromatic carbocycles. The number of alkyl carbamates (subject to hydrolysis) is 1. The number of aromatic nitrogens is 1. The zero-order valence-electron chi connectivity index (χ0n) is 19.8. The Morgan fingerprint density at radius 2 is 2.00 bits per heavy atom. The molecule has 3 rings (SSSR count). The number of hydrogen-bond donors (Lipinski definition) is 3. The van der Waals surface area contributed by atoms with Crippen LogP contribution in [0.15, 0.2) is 53.1 Å². The van der Waals surface area contributed by atoms with Gasteiger partial charge in [-0.1, -0.05) is 36.6 Å². The monoisotopic (exact) mass is 449 g/mol. The van der Waals surface area contributed by atoms with Gasteiger partial charge >= 0.3 is 6.09 Å². The summed E-state index contributed by atoms with van der Waals surface area (Å²) in [7, 11) is 0.881. The van der Waals surface area contributed by atoms with Crippen LogP contribution in [0.3, 0.4) is 0 Å². The van der Waals surface area contributed by atoms with Gasteiger partial charge in [-0.15, -0.1) is 0 Å². The molecule has 0 bridgehead atoms. The van der Waals surface area contributed by atoms with E-state index >= 15 is 0 Å². The summed E-state index contributed by atoms with van der Waals surface area (Å²) < 4.78 is 11.3. The normalized spacial score (nSPS) is 11.2. The van der Waals surface area contributed by atoms with Gasteiger partial charge < -0.3 is 24.9 Å². The van der Waals surface area contributed by atoms with Crippen molar-refractivity contribution in [2.24, 2.45) is 0 Å². The number of benzene rings is 2. The average Bonchev–Trinajstić information content (AvgIpc) is 3.23. The van der Waals surface area contributed by atoms with Crippen LogP contribution in [0.4, 0.5) is 16.5 Å². The fourth-order valence-corrected chi connectivity index (χ4v) is 3.43. The lowest BCUT2D eigenvalue weighted by Crippen LogP contribution is -2.32. The largest absolute Gasteiger partial charge is 0.444 e. The molecule has 0 fully saturated rings. The summed E-state index contributed by atoms with van der Waals surface area (Å²) in [4.78, 5) is 16.3. The first kappa shape index (κ1) is 24.4. The van der Waals surface area contributed by atoms with Crippen molar-refractivity contribution in [2.45, 2.75) is 52.6 Å². The highest BCUT2D eigenvalue weighted by atomic mass is 16.6. The molecular formula is C25H32BN3O4. The van der Waals surface area contributed by atoms with Gasteiger partial charge in [-0.2, -0.15) is 0 Å². The molecule has 1 heterocycles. The van der Waals surface area contributed by atoms with E-state index in [1.54, 1.807) is 6.20 Å². The quantitative estimate of drug-likeness (QED) is 0.425. The van der Waals surface area contributed by atoms with Crippen LogP contribution < -0.4 is 16.1 Å². The van der Waals surface area contributed by atoms with Gasteiger partial charge in [0, 0.05) is 24.4 Å². The van der Waals surface area contributed by atoms with Gasteiger partial charge in [0.1, 0.15) is 5.60 Å². The van der Waals surface area contributed by atoms with E-state index in [-0.39, 0.29) is 6.61 Å². The summed E-state index contributed by atoms with van der Waals surface area (Å²) in [6.07, 6.45) is 2.82. The number of amides is 1. The van der Waals surface area contributed by atoms with Crippen LogP contribution in [0, 0.1) is 0 Å². The van der Waals surface area contributed by atoms with E-state index < -0.39 is 11.7 Å². The maximum absolute atomic E-state index is 11.9. The molecule has 0 unspecified atom stereocenters. The third-order valence-corrected chi connectivity index (χ3v) is 4.96. The molecule has 174 valence electrons. The molecule has 0 radical (unpaired) electrons. The number of aliphatic hydroxyl groups excluding tert-OH is 1. The van der Waals surface area contributed by atoms with Crippen molar-refractivity contribution in [1.29, 1.82) is 0 Å². The predicted molar refractivity (Wildman–Crippen MR) is 133 cm³/mol. The van der Waals surface area contributed by atoms with Crippen molar-refractivity contribution in [3.05, 3.63) is 59.8 Å². The molecule has 0 aliphatic heterocycles. The average molecular weight is 449 g/mol. The number of aryl methyl sites for hydroxylation is 1.